The van der Waals surface area contributed by atoms with Gasteiger partial charge in [-0.15, -0.1) is 11.8 Å². The van der Waals surface area contributed by atoms with Crippen LogP contribution in [0.3, 0.4) is 0 Å². The number of hydrogen-bond donors (Lipinski definition) is 1. The second-order valence-corrected chi connectivity index (χ2v) is 4.96. The Labute approximate surface area is 106 Å². The first-order valence-electron chi connectivity index (χ1n) is 5.69. The number of anilines is 1. The van der Waals surface area contributed by atoms with Crippen LogP contribution in [0.1, 0.15) is 18.3 Å². The minimum absolute atomic E-state index is 0.817. The van der Waals surface area contributed by atoms with Crippen molar-refractivity contribution < 1.29 is 0 Å². The van der Waals surface area contributed by atoms with Crippen molar-refractivity contribution in [3.63, 3.8) is 0 Å². The average molecular weight is 247 g/mol. The molecule has 0 aliphatic carbocycles. The number of imidazole rings is 1. The van der Waals surface area contributed by atoms with Crippen molar-refractivity contribution in [1.82, 2.24) is 9.55 Å². The van der Waals surface area contributed by atoms with Crippen molar-refractivity contribution in [2.45, 2.75) is 31.0 Å². The van der Waals surface area contributed by atoms with Crippen LogP contribution in [0.5, 0.6) is 0 Å². The summed E-state index contributed by atoms with van der Waals surface area (Å²) >= 11 is 1.79. The molecule has 1 heterocycles. The number of aryl methyl sites for hydroxylation is 2. The van der Waals surface area contributed by atoms with Gasteiger partial charge in [-0.1, -0.05) is 6.07 Å². The average Bonchev–Trinajstić information content (AvgIpc) is 2.77. The molecule has 0 fully saturated rings. The molecule has 2 aromatic rings. The van der Waals surface area contributed by atoms with Crippen LogP contribution in [-0.4, -0.2) is 9.55 Å². The van der Waals surface area contributed by atoms with Crippen LogP contribution in [0, 0.1) is 6.92 Å². The zero-order valence-corrected chi connectivity index (χ0v) is 11.0. The van der Waals surface area contributed by atoms with E-state index in [0.29, 0.717) is 0 Å². The second-order valence-electron chi connectivity index (χ2n) is 3.94. The summed E-state index contributed by atoms with van der Waals surface area (Å²) in [5, 5.41) is 0. The zero-order valence-electron chi connectivity index (χ0n) is 10.2. The number of thioether (sulfide) groups is 1. The van der Waals surface area contributed by atoms with Gasteiger partial charge in [0.15, 0.2) is 0 Å². The summed E-state index contributed by atoms with van der Waals surface area (Å²) in [6, 6.07) is 6.02. The van der Waals surface area contributed by atoms with Crippen molar-refractivity contribution in [2.75, 3.05) is 5.73 Å². The summed E-state index contributed by atoms with van der Waals surface area (Å²) < 4.78 is 2.16. The first kappa shape index (κ1) is 12.0. The van der Waals surface area contributed by atoms with Crippen molar-refractivity contribution in [2.24, 2.45) is 0 Å². The molecule has 90 valence electrons. The standard InChI is InChI=1S/C13H17N3S/c1-3-16-7-6-15-13(16)9-17-12-8-11(14)5-4-10(12)2/h4-8H,3,9,14H2,1-2H3. The molecule has 3 nitrogen and oxygen atoms in total. The molecular formula is C13H17N3S. The molecule has 0 aliphatic heterocycles. The van der Waals surface area contributed by atoms with Gasteiger partial charge in [0.25, 0.3) is 0 Å². The van der Waals surface area contributed by atoms with Crippen LogP contribution in [0.25, 0.3) is 0 Å². The van der Waals surface area contributed by atoms with Gasteiger partial charge in [-0.25, -0.2) is 4.98 Å². The van der Waals surface area contributed by atoms with E-state index in [9.17, 15) is 0 Å². The summed E-state index contributed by atoms with van der Waals surface area (Å²) in [5.41, 5.74) is 7.88. The van der Waals surface area contributed by atoms with Crippen molar-refractivity contribution in [3.05, 3.63) is 42.0 Å². The maximum atomic E-state index is 5.80. The Kier molecular flexibility index (Phi) is 3.74. The Balaban J connectivity index is 2.09. The van der Waals surface area contributed by atoms with E-state index in [1.807, 2.05) is 24.5 Å². The van der Waals surface area contributed by atoms with E-state index in [0.717, 1.165) is 23.8 Å². The molecule has 0 atom stereocenters. The molecule has 4 heteroatoms. The Morgan fingerprint density at radius 3 is 3.00 bits per heavy atom. The molecule has 0 aliphatic rings. The van der Waals surface area contributed by atoms with Crippen LogP contribution in [0.15, 0.2) is 35.5 Å². The lowest BCUT2D eigenvalue weighted by Crippen LogP contribution is -1.99. The van der Waals surface area contributed by atoms with Gasteiger partial charge in [0.05, 0.1) is 5.75 Å². The quantitative estimate of drug-likeness (QED) is 0.667. The molecule has 0 saturated carbocycles. The highest BCUT2D eigenvalue weighted by Crippen LogP contribution is 2.27. The molecule has 0 saturated heterocycles. The number of nitrogens with zero attached hydrogens (tertiary/aromatic N) is 2. The van der Waals surface area contributed by atoms with Gasteiger partial charge in [0.2, 0.25) is 0 Å². The van der Waals surface area contributed by atoms with Crippen LogP contribution in [0.4, 0.5) is 5.69 Å². The highest BCUT2D eigenvalue weighted by molar-refractivity contribution is 7.98. The van der Waals surface area contributed by atoms with Gasteiger partial charge in [-0.05, 0) is 31.5 Å². The maximum Gasteiger partial charge on any atom is 0.119 e. The Morgan fingerprint density at radius 1 is 1.41 bits per heavy atom. The summed E-state index contributed by atoms with van der Waals surface area (Å²) in [5.74, 6) is 1.99. The molecule has 0 radical (unpaired) electrons. The van der Waals surface area contributed by atoms with E-state index >= 15 is 0 Å². The molecule has 0 spiro atoms. The predicted octanol–water partition coefficient (Wildman–Crippen LogP) is 3.09. The summed E-state index contributed by atoms with van der Waals surface area (Å²) in [6.07, 6.45) is 3.87. The molecule has 1 aromatic heterocycles. The van der Waals surface area contributed by atoms with Crippen LogP contribution in [0.2, 0.25) is 0 Å². The highest BCUT2D eigenvalue weighted by Gasteiger charge is 2.04. The summed E-state index contributed by atoms with van der Waals surface area (Å²) in [4.78, 5) is 5.60. The van der Waals surface area contributed by atoms with E-state index < -0.39 is 0 Å². The Bertz CT molecular complexity index is 505. The van der Waals surface area contributed by atoms with Gasteiger partial charge in [-0.2, -0.15) is 0 Å². The lowest BCUT2D eigenvalue weighted by molar-refractivity contribution is 0.725. The van der Waals surface area contributed by atoms with Gasteiger partial charge in [0, 0.05) is 29.5 Å². The first-order chi connectivity index (χ1) is 8.20. The van der Waals surface area contributed by atoms with Gasteiger partial charge < -0.3 is 10.3 Å². The smallest absolute Gasteiger partial charge is 0.119 e. The monoisotopic (exact) mass is 247 g/mol. The third kappa shape index (κ3) is 2.82. The van der Waals surface area contributed by atoms with Crippen LogP contribution >= 0.6 is 11.8 Å². The molecule has 2 rings (SSSR count). The fourth-order valence-electron chi connectivity index (χ4n) is 1.68. The van der Waals surface area contributed by atoms with Crippen molar-refractivity contribution >= 4 is 17.4 Å². The Hall–Kier alpha value is -1.42. The normalized spacial score (nSPS) is 10.7. The molecule has 1 aromatic carbocycles. The topological polar surface area (TPSA) is 43.8 Å². The Morgan fingerprint density at radius 2 is 2.24 bits per heavy atom. The molecule has 17 heavy (non-hydrogen) atoms. The van der Waals surface area contributed by atoms with Crippen LogP contribution in [-0.2, 0) is 12.3 Å². The van der Waals surface area contributed by atoms with Gasteiger partial charge in [-0.3, -0.25) is 0 Å². The maximum absolute atomic E-state index is 5.80. The zero-order chi connectivity index (χ0) is 12.3. The fourth-order valence-corrected chi connectivity index (χ4v) is 2.72. The van der Waals surface area contributed by atoms with E-state index in [2.05, 4.69) is 29.5 Å². The first-order valence-corrected chi connectivity index (χ1v) is 6.68. The fraction of sp³-hybridized carbons (Fsp3) is 0.308. The number of rotatable bonds is 4. The van der Waals surface area contributed by atoms with E-state index in [1.54, 1.807) is 11.8 Å². The number of nitrogen functional groups attached to an aromatic ring is 1. The SMILES string of the molecule is CCn1ccnc1CSc1cc(N)ccc1C. The molecule has 0 unspecified atom stereocenters. The van der Waals surface area contributed by atoms with E-state index in [1.165, 1.54) is 10.5 Å². The minimum atomic E-state index is 0.817. The number of nitrogens with two attached hydrogens (primary N) is 1. The van der Waals surface area contributed by atoms with Crippen LogP contribution < -0.4 is 5.73 Å². The lowest BCUT2D eigenvalue weighted by Gasteiger charge is -2.07. The predicted molar refractivity (Wildman–Crippen MR) is 73.1 cm³/mol. The molecular weight excluding hydrogens is 230 g/mol. The van der Waals surface area contributed by atoms with E-state index in [-0.39, 0.29) is 0 Å². The van der Waals surface area contributed by atoms with Gasteiger partial charge >= 0.3 is 0 Å². The van der Waals surface area contributed by atoms with Gasteiger partial charge in [0.1, 0.15) is 5.82 Å². The molecule has 0 bridgehead atoms. The minimum Gasteiger partial charge on any atom is -0.399 e. The van der Waals surface area contributed by atoms with Crippen molar-refractivity contribution in [1.29, 1.82) is 0 Å². The number of benzene rings is 1. The number of aromatic nitrogens is 2. The highest BCUT2D eigenvalue weighted by atomic mass is 32.2. The third-order valence-electron chi connectivity index (χ3n) is 2.71. The van der Waals surface area contributed by atoms with E-state index in [4.69, 9.17) is 5.73 Å². The number of hydrogen-bond acceptors (Lipinski definition) is 3. The lowest BCUT2D eigenvalue weighted by atomic mass is 10.2. The summed E-state index contributed by atoms with van der Waals surface area (Å²) in [7, 11) is 0. The molecule has 0 amide bonds. The second kappa shape index (κ2) is 5.27. The largest absolute Gasteiger partial charge is 0.399 e. The molecule has 2 N–H and O–H groups in total. The summed E-state index contributed by atoms with van der Waals surface area (Å²) in [6.45, 7) is 5.20. The van der Waals surface area contributed by atoms with Crippen molar-refractivity contribution in [3.8, 4) is 0 Å². The third-order valence-corrected chi connectivity index (χ3v) is 3.86.